The lowest BCUT2D eigenvalue weighted by molar-refractivity contribution is 0.327. The van der Waals surface area contributed by atoms with Crippen molar-refractivity contribution in [3.8, 4) is 0 Å². The van der Waals surface area contributed by atoms with Crippen molar-refractivity contribution >= 4 is 0 Å². The van der Waals surface area contributed by atoms with Crippen LogP contribution in [0.15, 0.2) is 0 Å². The Balaban J connectivity index is 2.03. The van der Waals surface area contributed by atoms with Gasteiger partial charge < -0.3 is 10.2 Å². The molecule has 1 aliphatic rings. The summed E-state index contributed by atoms with van der Waals surface area (Å²) >= 11 is 0. The molecule has 3 heteroatoms. The minimum Gasteiger partial charge on any atom is -0.311 e. The molecule has 1 radical (unpaired) electrons. The van der Waals surface area contributed by atoms with Gasteiger partial charge in [-0.25, -0.2) is 5.32 Å². The highest BCUT2D eigenvalue weighted by molar-refractivity contribution is 4.76. The van der Waals surface area contributed by atoms with Crippen LogP contribution in [0, 0.1) is 0 Å². The number of hydrogen-bond donors (Lipinski definition) is 1. The van der Waals surface area contributed by atoms with E-state index < -0.39 is 0 Å². The Morgan fingerprint density at radius 3 is 2.60 bits per heavy atom. The summed E-state index contributed by atoms with van der Waals surface area (Å²) < 4.78 is 0. The maximum absolute atomic E-state index is 4.37. The first-order valence-electron chi connectivity index (χ1n) is 6.22. The van der Waals surface area contributed by atoms with Crippen molar-refractivity contribution in [3.05, 3.63) is 0 Å². The lowest BCUT2D eigenvalue weighted by Crippen LogP contribution is -2.42. The second-order valence-corrected chi connectivity index (χ2v) is 4.96. The molecule has 0 aromatic rings. The van der Waals surface area contributed by atoms with Gasteiger partial charge in [0.1, 0.15) is 0 Å². The largest absolute Gasteiger partial charge is 0.311 e. The minimum absolute atomic E-state index is 0.660. The second-order valence-electron chi connectivity index (χ2n) is 4.96. The van der Waals surface area contributed by atoms with E-state index in [1.165, 1.54) is 32.2 Å². The first-order chi connectivity index (χ1) is 7.18. The van der Waals surface area contributed by atoms with Crippen LogP contribution in [0.3, 0.4) is 0 Å². The van der Waals surface area contributed by atoms with Crippen molar-refractivity contribution < 1.29 is 0 Å². The molecule has 0 spiro atoms. The SMILES string of the molecule is CC(CCCN(C)C)NC1CC[N]CC1. The van der Waals surface area contributed by atoms with Gasteiger partial charge >= 0.3 is 0 Å². The lowest BCUT2D eigenvalue weighted by Gasteiger charge is -2.26. The predicted octanol–water partition coefficient (Wildman–Crippen LogP) is 1.07. The number of piperidine rings is 1. The van der Waals surface area contributed by atoms with Gasteiger partial charge in [0.15, 0.2) is 0 Å². The average Bonchev–Trinajstić information content (AvgIpc) is 2.18. The van der Waals surface area contributed by atoms with E-state index in [2.05, 4.69) is 36.6 Å². The van der Waals surface area contributed by atoms with Crippen molar-refractivity contribution in [1.29, 1.82) is 0 Å². The third-order valence-electron chi connectivity index (χ3n) is 3.03. The van der Waals surface area contributed by atoms with Crippen molar-refractivity contribution in [2.45, 2.75) is 44.7 Å². The van der Waals surface area contributed by atoms with Crippen molar-refractivity contribution in [3.63, 3.8) is 0 Å². The molecule has 0 amide bonds. The van der Waals surface area contributed by atoms with Gasteiger partial charge in [-0.15, -0.1) is 0 Å². The molecule has 1 fully saturated rings. The van der Waals surface area contributed by atoms with Crippen molar-refractivity contribution in [1.82, 2.24) is 15.5 Å². The molecule has 1 aliphatic heterocycles. The van der Waals surface area contributed by atoms with E-state index >= 15 is 0 Å². The molecular formula is C12H26N3. The van der Waals surface area contributed by atoms with E-state index in [-0.39, 0.29) is 0 Å². The molecule has 0 aromatic carbocycles. The van der Waals surface area contributed by atoms with Gasteiger partial charge in [-0.2, -0.15) is 0 Å². The zero-order valence-corrected chi connectivity index (χ0v) is 10.5. The summed E-state index contributed by atoms with van der Waals surface area (Å²) in [5.41, 5.74) is 0. The third-order valence-corrected chi connectivity index (χ3v) is 3.03. The molecule has 15 heavy (non-hydrogen) atoms. The molecule has 1 heterocycles. The fourth-order valence-electron chi connectivity index (χ4n) is 2.12. The Bertz CT molecular complexity index is 153. The van der Waals surface area contributed by atoms with E-state index in [1.807, 2.05) is 0 Å². The molecule has 1 atom stereocenters. The van der Waals surface area contributed by atoms with Gasteiger partial charge in [0.2, 0.25) is 0 Å². The van der Waals surface area contributed by atoms with E-state index in [1.54, 1.807) is 0 Å². The Labute approximate surface area is 94.6 Å². The second kappa shape index (κ2) is 7.20. The van der Waals surface area contributed by atoms with Gasteiger partial charge in [-0.3, -0.25) is 0 Å². The highest BCUT2D eigenvalue weighted by atomic mass is 15.0. The Morgan fingerprint density at radius 1 is 1.33 bits per heavy atom. The van der Waals surface area contributed by atoms with Crippen LogP contribution in [0.1, 0.15) is 32.6 Å². The van der Waals surface area contributed by atoms with E-state index in [0.717, 1.165) is 19.1 Å². The summed E-state index contributed by atoms with van der Waals surface area (Å²) in [5, 5.41) is 8.09. The quantitative estimate of drug-likeness (QED) is 0.714. The summed E-state index contributed by atoms with van der Waals surface area (Å²) in [6.07, 6.45) is 5.04. The first kappa shape index (κ1) is 12.9. The monoisotopic (exact) mass is 212 g/mol. The summed E-state index contributed by atoms with van der Waals surface area (Å²) in [6, 6.07) is 1.38. The van der Waals surface area contributed by atoms with E-state index in [4.69, 9.17) is 0 Å². The molecule has 89 valence electrons. The van der Waals surface area contributed by atoms with Crippen LogP contribution >= 0.6 is 0 Å². The van der Waals surface area contributed by atoms with Crippen LogP contribution in [0.4, 0.5) is 0 Å². The molecule has 1 saturated heterocycles. The third kappa shape index (κ3) is 6.13. The van der Waals surface area contributed by atoms with Crippen LogP contribution < -0.4 is 10.6 Å². The van der Waals surface area contributed by atoms with Crippen LogP contribution in [0.5, 0.6) is 0 Å². The molecule has 0 bridgehead atoms. The maximum atomic E-state index is 4.37. The maximum Gasteiger partial charge on any atom is 0.0148 e. The van der Waals surface area contributed by atoms with Gasteiger partial charge in [-0.05, 0) is 53.2 Å². The molecule has 1 N–H and O–H groups in total. The zero-order chi connectivity index (χ0) is 11.1. The number of hydrogen-bond acceptors (Lipinski definition) is 2. The number of nitrogens with zero attached hydrogens (tertiary/aromatic N) is 2. The lowest BCUT2D eigenvalue weighted by atomic mass is 10.0. The molecule has 0 aromatic heterocycles. The van der Waals surface area contributed by atoms with Crippen molar-refractivity contribution in [2.24, 2.45) is 0 Å². The van der Waals surface area contributed by atoms with E-state index in [0.29, 0.717) is 6.04 Å². The highest BCUT2D eigenvalue weighted by Crippen LogP contribution is 2.06. The Kier molecular flexibility index (Phi) is 6.22. The van der Waals surface area contributed by atoms with Crippen LogP contribution in [0.2, 0.25) is 0 Å². The molecule has 1 rings (SSSR count). The van der Waals surface area contributed by atoms with Crippen LogP contribution in [0.25, 0.3) is 0 Å². The predicted molar refractivity (Wildman–Crippen MR) is 65.3 cm³/mol. The standard InChI is InChI=1S/C12H26N3/c1-11(5-4-10-15(2)3)14-12-6-8-13-9-7-12/h11-12,14H,4-10H2,1-3H3. The van der Waals surface area contributed by atoms with Gasteiger partial charge in [0.25, 0.3) is 0 Å². The number of nitrogens with one attached hydrogen (secondary N) is 1. The topological polar surface area (TPSA) is 29.4 Å². The summed E-state index contributed by atoms with van der Waals surface area (Å²) in [7, 11) is 4.28. The van der Waals surface area contributed by atoms with Crippen LogP contribution in [-0.4, -0.2) is 50.7 Å². The Hall–Kier alpha value is -0.120. The number of rotatable bonds is 6. The highest BCUT2D eigenvalue weighted by Gasteiger charge is 2.15. The molecule has 1 unspecified atom stereocenters. The van der Waals surface area contributed by atoms with Crippen molar-refractivity contribution in [2.75, 3.05) is 33.7 Å². The van der Waals surface area contributed by atoms with Gasteiger partial charge in [-0.1, -0.05) is 0 Å². The van der Waals surface area contributed by atoms with E-state index in [9.17, 15) is 0 Å². The molecule has 0 saturated carbocycles. The van der Waals surface area contributed by atoms with Crippen LogP contribution in [-0.2, 0) is 0 Å². The minimum atomic E-state index is 0.660. The average molecular weight is 212 g/mol. The summed E-state index contributed by atoms with van der Waals surface area (Å²) in [5.74, 6) is 0. The summed E-state index contributed by atoms with van der Waals surface area (Å²) in [4.78, 5) is 2.26. The van der Waals surface area contributed by atoms with Gasteiger partial charge in [0, 0.05) is 25.2 Å². The summed E-state index contributed by atoms with van der Waals surface area (Å²) in [6.45, 7) is 5.62. The Morgan fingerprint density at radius 2 is 2.00 bits per heavy atom. The fraction of sp³-hybridized carbons (Fsp3) is 1.00. The normalized spacial score (nSPS) is 20.8. The molecule has 0 aliphatic carbocycles. The molecular weight excluding hydrogens is 186 g/mol. The first-order valence-corrected chi connectivity index (χ1v) is 6.22. The smallest absolute Gasteiger partial charge is 0.0148 e. The molecule has 3 nitrogen and oxygen atoms in total. The zero-order valence-electron chi connectivity index (χ0n) is 10.5. The fourth-order valence-corrected chi connectivity index (χ4v) is 2.12. The van der Waals surface area contributed by atoms with Gasteiger partial charge in [0.05, 0.1) is 0 Å².